The SMILES string of the molecule is C[C@@H](c1cc(N)n2ncc(C(F)(F)F)c2n1)C1CC1. The van der Waals surface area contributed by atoms with Crippen LogP contribution in [-0.4, -0.2) is 14.6 Å². The Balaban J connectivity index is 2.16. The highest BCUT2D eigenvalue weighted by Gasteiger charge is 2.36. The summed E-state index contributed by atoms with van der Waals surface area (Å²) >= 11 is 0. The summed E-state index contributed by atoms with van der Waals surface area (Å²) < 4.78 is 39.6. The Morgan fingerprint density at radius 1 is 1.42 bits per heavy atom. The Morgan fingerprint density at radius 2 is 2.11 bits per heavy atom. The third kappa shape index (κ3) is 2.02. The Kier molecular flexibility index (Phi) is 2.48. The fourth-order valence-corrected chi connectivity index (χ4v) is 2.28. The minimum absolute atomic E-state index is 0.128. The van der Waals surface area contributed by atoms with Gasteiger partial charge in [-0.1, -0.05) is 6.92 Å². The number of hydrogen-bond acceptors (Lipinski definition) is 3. The van der Waals surface area contributed by atoms with E-state index in [0.29, 0.717) is 11.6 Å². The van der Waals surface area contributed by atoms with Crippen LogP contribution >= 0.6 is 0 Å². The molecule has 19 heavy (non-hydrogen) atoms. The molecule has 2 N–H and O–H groups in total. The monoisotopic (exact) mass is 270 g/mol. The minimum Gasteiger partial charge on any atom is -0.384 e. The first-order chi connectivity index (χ1) is 8.88. The number of nitrogens with two attached hydrogens (primary N) is 1. The maximum absolute atomic E-state index is 12.9. The maximum atomic E-state index is 12.9. The van der Waals surface area contributed by atoms with Crippen LogP contribution in [0.15, 0.2) is 12.3 Å². The van der Waals surface area contributed by atoms with Crippen LogP contribution in [0, 0.1) is 5.92 Å². The van der Waals surface area contributed by atoms with Crippen LogP contribution < -0.4 is 5.73 Å². The standard InChI is InChI=1S/C12H13F3N4/c1-6(7-2-3-7)9-4-10(16)19-11(18-9)8(5-17-19)12(13,14)15/h4-7H,2-3,16H2,1H3/t6-/m1/s1. The number of halogens is 3. The van der Waals surface area contributed by atoms with Gasteiger partial charge in [0.1, 0.15) is 11.4 Å². The van der Waals surface area contributed by atoms with Crippen molar-refractivity contribution >= 4 is 11.5 Å². The normalized spacial score (nSPS) is 17.9. The molecule has 0 saturated heterocycles. The zero-order valence-electron chi connectivity index (χ0n) is 10.3. The molecule has 4 nitrogen and oxygen atoms in total. The summed E-state index contributed by atoms with van der Waals surface area (Å²) in [5, 5.41) is 3.65. The molecule has 3 rings (SSSR count). The first-order valence-corrected chi connectivity index (χ1v) is 6.09. The van der Waals surface area contributed by atoms with Gasteiger partial charge in [-0.3, -0.25) is 0 Å². The molecule has 1 aliphatic rings. The maximum Gasteiger partial charge on any atom is 0.421 e. The van der Waals surface area contributed by atoms with E-state index in [9.17, 15) is 13.2 Å². The number of rotatable bonds is 2. The van der Waals surface area contributed by atoms with E-state index in [1.54, 1.807) is 6.07 Å². The van der Waals surface area contributed by atoms with Crippen molar-refractivity contribution in [2.45, 2.75) is 31.9 Å². The molecule has 1 aliphatic carbocycles. The molecule has 102 valence electrons. The number of anilines is 1. The molecule has 2 aromatic rings. The fraction of sp³-hybridized carbons (Fsp3) is 0.500. The summed E-state index contributed by atoms with van der Waals surface area (Å²) in [6.45, 7) is 1.97. The van der Waals surface area contributed by atoms with Gasteiger partial charge < -0.3 is 5.73 Å². The van der Waals surface area contributed by atoms with Gasteiger partial charge in [-0.25, -0.2) is 4.98 Å². The highest BCUT2D eigenvalue weighted by atomic mass is 19.4. The van der Waals surface area contributed by atoms with Crippen molar-refractivity contribution in [2.24, 2.45) is 5.92 Å². The quantitative estimate of drug-likeness (QED) is 0.912. The average Bonchev–Trinajstić information content (AvgIpc) is 3.06. The molecule has 0 unspecified atom stereocenters. The van der Waals surface area contributed by atoms with Crippen LogP contribution in [0.2, 0.25) is 0 Å². The molecule has 7 heteroatoms. The van der Waals surface area contributed by atoms with Crippen molar-refractivity contribution in [3.8, 4) is 0 Å². The summed E-state index contributed by atoms with van der Waals surface area (Å²) in [6, 6.07) is 1.61. The molecule has 1 atom stereocenters. The molecule has 0 spiro atoms. The van der Waals surface area contributed by atoms with Gasteiger partial charge >= 0.3 is 6.18 Å². The first kappa shape index (κ1) is 12.3. The number of nitrogen functional groups attached to an aromatic ring is 1. The lowest BCUT2D eigenvalue weighted by molar-refractivity contribution is -0.136. The second-order valence-corrected chi connectivity index (χ2v) is 5.02. The van der Waals surface area contributed by atoms with Crippen LogP contribution in [0.25, 0.3) is 5.65 Å². The molecule has 0 aromatic carbocycles. The van der Waals surface area contributed by atoms with Crippen molar-refractivity contribution in [3.63, 3.8) is 0 Å². The van der Waals surface area contributed by atoms with E-state index in [1.165, 1.54) is 0 Å². The molecule has 0 amide bonds. The highest BCUT2D eigenvalue weighted by molar-refractivity contribution is 5.54. The minimum atomic E-state index is -4.47. The van der Waals surface area contributed by atoms with Crippen molar-refractivity contribution in [2.75, 3.05) is 5.73 Å². The van der Waals surface area contributed by atoms with Crippen molar-refractivity contribution < 1.29 is 13.2 Å². The Labute approximate surface area is 107 Å². The summed E-state index contributed by atoms with van der Waals surface area (Å²) in [5.41, 5.74) is 5.32. The molecule has 1 fully saturated rings. The van der Waals surface area contributed by atoms with Crippen LogP contribution in [0.3, 0.4) is 0 Å². The van der Waals surface area contributed by atoms with E-state index in [0.717, 1.165) is 23.6 Å². The van der Waals surface area contributed by atoms with Gasteiger partial charge in [0.2, 0.25) is 0 Å². The number of hydrogen-bond donors (Lipinski definition) is 1. The fourth-order valence-electron chi connectivity index (χ4n) is 2.28. The molecular formula is C12H13F3N4. The summed E-state index contributed by atoms with van der Waals surface area (Å²) in [5.74, 6) is 0.817. The topological polar surface area (TPSA) is 56.2 Å². The second kappa shape index (κ2) is 3.85. The summed E-state index contributed by atoms with van der Waals surface area (Å²) in [6.07, 6.45) is -1.51. The third-order valence-corrected chi connectivity index (χ3v) is 3.62. The molecule has 2 aromatic heterocycles. The van der Waals surface area contributed by atoms with Crippen LogP contribution in [0.4, 0.5) is 19.0 Å². The summed E-state index contributed by atoms with van der Waals surface area (Å²) in [4.78, 5) is 4.12. The second-order valence-electron chi connectivity index (χ2n) is 5.02. The number of fused-ring (bicyclic) bond motifs is 1. The molecule has 0 aliphatic heterocycles. The van der Waals surface area contributed by atoms with Gasteiger partial charge in [0.15, 0.2) is 5.65 Å². The Bertz CT molecular complexity index is 628. The van der Waals surface area contributed by atoms with Gasteiger partial charge in [-0.05, 0) is 18.8 Å². The molecule has 2 heterocycles. The van der Waals surface area contributed by atoms with Gasteiger partial charge in [0.25, 0.3) is 0 Å². The highest BCUT2D eigenvalue weighted by Crippen LogP contribution is 2.42. The van der Waals surface area contributed by atoms with E-state index in [1.807, 2.05) is 6.92 Å². The van der Waals surface area contributed by atoms with Crippen molar-refractivity contribution in [1.82, 2.24) is 14.6 Å². The van der Waals surface area contributed by atoms with Gasteiger partial charge in [-0.15, -0.1) is 0 Å². The molecule has 0 bridgehead atoms. The first-order valence-electron chi connectivity index (χ1n) is 6.09. The van der Waals surface area contributed by atoms with Gasteiger partial charge in [-0.2, -0.15) is 22.8 Å². The van der Waals surface area contributed by atoms with E-state index >= 15 is 0 Å². The van der Waals surface area contributed by atoms with Crippen LogP contribution in [0.1, 0.15) is 36.9 Å². The Hall–Kier alpha value is -1.79. The zero-order valence-corrected chi connectivity index (χ0v) is 10.3. The molecule has 0 radical (unpaired) electrons. The average molecular weight is 270 g/mol. The molecular weight excluding hydrogens is 257 g/mol. The number of aromatic nitrogens is 3. The largest absolute Gasteiger partial charge is 0.421 e. The lowest BCUT2D eigenvalue weighted by Gasteiger charge is -2.12. The smallest absolute Gasteiger partial charge is 0.384 e. The lowest BCUT2D eigenvalue weighted by Crippen LogP contribution is -2.10. The predicted molar refractivity (Wildman–Crippen MR) is 63.5 cm³/mol. The van der Waals surface area contributed by atoms with E-state index in [-0.39, 0.29) is 17.4 Å². The zero-order chi connectivity index (χ0) is 13.8. The van der Waals surface area contributed by atoms with E-state index in [2.05, 4.69) is 10.1 Å². The van der Waals surface area contributed by atoms with Crippen molar-refractivity contribution in [3.05, 3.63) is 23.5 Å². The van der Waals surface area contributed by atoms with Crippen LogP contribution in [-0.2, 0) is 6.18 Å². The predicted octanol–water partition coefficient (Wildman–Crippen LogP) is 2.84. The molecule has 1 saturated carbocycles. The third-order valence-electron chi connectivity index (χ3n) is 3.62. The van der Waals surface area contributed by atoms with Gasteiger partial charge in [0, 0.05) is 17.7 Å². The van der Waals surface area contributed by atoms with Crippen LogP contribution in [0.5, 0.6) is 0 Å². The van der Waals surface area contributed by atoms with E-state index in [4.69, 9.17) is 5.73 Å². The Morgan fingerprint density at radius 3 is 2.68 bits per heavy atom. The van der Waals surface area contributed by atoms with Crippen molar-refractivity contribution in [1.29, 1.82) is 0 Å². The lowest BCUT2D eigenvalue weighted by atomic mass is 10.0. The summed E-state index contributed by atoms with van der Waals surface area (Å²) in [7, 11) is 0. The van der Waals surface area contributed by atoms with E-state index < -0.39 is 11.7 Å². The van der Waals surface area contributed by atoms with Gasteiger partial charge in [0.05, 0.1) is 6.20 Å². The number of nitrogens with zero attached hydrogens (tertiary/aromatic N) is 3. The number of alkyl halides is 3.